The molecule has 9 rings (SSSR count). The van der Waals surface area contributed by atoms with Crippen molar-refractivity contribution in [3.8, 4) is 0 Å². The van der Waals surface area contributed by atoms with E-state index in [0.29, 0.717) is 10.6 Å². The molecule has 1 radical (unpaired) electrons. The van der Waals surface area contributed by atoms with Crippen LogP contribution in [0.3, 0.4) is 0 Å². The molecule has 0 atom stereocenters. The summed E-state index contributed by atoms with van der Waals surface area (Å²) in [5.41, 5.74) is 5.58. The van der Waals surface area contributed by atoms with Crippen molar-refractivity contribution in [2.75, 3.05) is 0 Å². The molecule has 0 N–H and O–H groups in total. The van der Waals surface area contributed by atoms with Gasteiger partial charge in [0.1, 0.15) is 88.2 Å². The van der Waals surface area contributed by atoms with Gasteiger partial charge in [0.05, 0.1) is 43.3 Å². The molecule has 0 aliphatic carbocycles. The van der Waals surface area contributed by atoms with E-state index >= 15 is 0 Å². The van der Waals surface area contributed by atoms with E-state index in [0.717, 1.165) is 64.9 Å². The van der Waals surface area contributed by atoms with Crippen LogP contribution in [-0.2, 0) is 62.9 Å². The molecule has 0 fully saturated rings. The van der Waals surface area contributed by atoms with Crippen LogP contribution in [0.25, 0.3) is 0 Å². The zero-order valence-electron chi connectivity index (χ0n) is 43.1. The zero-order valence-corrected chi connectivity index (χ0v) is 51.6. The van der Waals surface area contributed by atoms with Gasteiger partial charge in [-0.25, -0.2) is 33.7 Å². The third-order valence-corrected chi connectivity index (χ3v) is 23.5. The summed E-state index contributed by atoms with van der Waals surface area (Å²) in [6.07, 6.45) is 0. The van der Waals surface area contributed by atoms with Gasteiger partial charge in [0, 0.05) is 22.4 Å². The molecule has 0 saturated heterocycles. The second-order valence-electron chi connectivity index (χ2n) is 18.4. The average molecular weight is 1370 g/mol. The third kappa shape index (κ3) is 17.3. The Morgan fingerprint density at radius 1 is 0.241 bits per heavy atom. The topological polar surface area (TPSA) is 229 Å². The Hall–Kier alpha value is -5.35. The van der Waals surface area contributed by atoms with Crippen molar-refractivity contribution in [2.45, 2.75) is 54.2 Å². The molecule has 9 aromatic rings. The van der Waals surface area contributed by atoms with Crippen LogP contribution >= 0.6 is 23.8 Å². The molecule has 413 valence electrons. The van der Waals surface area contributed by atoms with Gasteiger partial charge in [-0.05, 0) is 196 Å². The van der Waals surface area contributed by atoms with Gasteiger partial charge in [0.2, 0.25) is 0 Å². The fourth-order valence-corrected chi connectivity index (χ4v) is 19.6. The summed E-state index contributed by atoms with van der Waals surface area (Å²) in [5.74, 6) is 0. The van der Waals surface area contributed by atoms with Crippen molar-refractivity contribution < 1.29 is 74.3 Å². The molecular weight excluding hydrogens is 1320 g/mol. The van der Waals surface area contributed by atoms with Crippen LogP contribution in [-0.4, -0.2) is 51.9 Å². The van der Waals surface area contributed by atoms with Crippen LogP contribution < -0.4 is 47.7 Å². The van der Waals surface area contributed by atoms with Crippen molar-refractivity contribution in [3.63, 3.8) is 0 Å². The quantitative estimate of drug-likeness (QED) is 0.0669. The van der Waals surface area contributed by atoms with E-state index in [4.69, 9.17) is 0 Å². The van der Waals surface area contributed by atoms with Crippen molar-refractivity contribution >= 4 is 112 Å². The maximum absolute atomic E-state index is 11.5. The number of hydrogen-bond donors (Lipinski definition) is 0. The predicted octanol–water partition coefficient (Wildman–Crippen LogP) is 6.69. The number of hydrogen-bond acceptors (Lipinski definition) is 12. The first-order chi connectivity index (χ1) is 36.7. The first kappa shape index (κ1) is 62.8. The van der Waals surface area contributed by atoms with Gasteiger partial charge >= 0.3 is 0 Å². The zero-order chi connectivity index (χ0) is 56.6. The first-order valence-electron chi connectivity index (χ1n) is 24.0. The summed E-state index contributed by atoms with van der Waals surface area (Å²) in [6.45, 7) is 10.1. The van der Waals surface area contributed by atoms with Crippen molar-refractivity contribution in [1.82, 2.24) is 0 Å². The Labute approximate surface area is 482 Å². The number of aryl methyl sites for hydroxylation is 5. The Morgan fingerprint density at radius 3 is 0.519 bits per heavy atom. The van der Waals surface area contributed by atoms with Crippen LogP contribution in [0.4, 0.5) is 0 Å². The van der Waals surface area contributed by atoms with E-state index in [2.05, 4.69) is 48.5 Å². The minimum Gasteiger partial charge on any atom is -0.744 e. The maximum Gasteiger partial charge on any atom is 0.124 e. The van der Waals surface area contributed by atoms with E-state index in [1.165, 1.54) is 60.7 Å². The summed E-state index contributed by atoms with van der Waals surface area (Å²) < 4.78 is 137. The SMILES string of the molecule is Cc1cccc([PH+](c2cccc(C)c2)c2cccc(S(=O)(=O)[O-])c2)c1.Cc1cccc([PH+](c2cccc(C)c2)c2cccc(S(=O)(=O)[O-])c2)c1.Cc1cccc([PH+](c2cccc(S(=O)(=O)[O-])c2)c2cccc(S(=O)(=O)[O-])c2)c1.[Au]. The fraction of sp³-hybridized carbons (Fsp3) is 0.0847. The molecule has 20 heteroatoms. The van der Waals surface area contributed by atoms with Crippen molar-refractivity contribution in [1.29, 1.82) is 0 Å². The molecule has 0 amide bonds. The van der Waals surface area contributed by atoms with Gasteiger partial charge in [-0.2, -0.15) is 0 Å². The van der Waals surface area contributed by atoms with Crippen LogP contribution in [0, 0.1) is 34.6 Å². The van der Waals surface area contributed by atoms with E-state index in [9.17, 15) is 51.9 Å². The molecule has 0 unspecified atom stereocenters. The van der Waals surface area contributed by atoms with Crippen LogP contribution in [0.1, 0.15) is 27.8 Å². The molecule has 9 aromatic carbocycles. The van der Waals surface area contributed by atoms with Gasteiger partial charge in [0.25, 0.3) is 0 Å². The van der Waals surface area contributed by atoms with Crippen molar-refractivity contribution in [3.05, 3.63) is 246 Å². The van der Waals surface area contributed by atoms with Crippen molar-refractivity contribution in [2.24, 2.45) is 0 Å². The van der Waals surface area contributed by atoms with E-state index < -0.39 is 64.2 Å². The Morgan fingerprint density at radius 2 is 0.380 bits per heavy atom. The van der Waals surface area contributed by atoms with Crippen LogP contribution in [0.5, 0.6) is 0 Å². The Balaban J connectivity index is 0.000000191. The molecule has 0 spiro atoms. The standard InChI is InChI=1S/2C20H19O3PS.C19H17O6PS2.Au/c2*1-15-6-3-8-17(12-15)24(18-9-4-7-16(2)13-18)19-10-5-11-20(14-19)25(21,22)23;1-14-5-2-6-15(11-14)26(16-7-3-9-18(12-16)27(20,21)22)17-8-4-10-19(13-17)28(23,24)25;/h2*3-14H,1-2H3,(H,21,22,23);2-13H,1H3,(H,20,21,22)(H,23,24,25);/p-1. The van der Waals surface area contributed by atoms with E-state index in [1.54, 1.807) is 24.3 Å². The molecule has 0 bridgehead atoms. The van der Waals surface area contributed by atoms with Gasteiger partial charge < -0.3 is 18.2 Å². The largest absolute Gasteiger partial charge is 0.744 e. The van der Waals surface area contributed by atoms with Gasteiger partial charge in [-0.1, -0.05) is 84.9 Å². The smallest absolute Gasteiger partial charge is 0.124 e. The molecule has 12 nitrogen and oxygen atoms in total. The van der Waals surface area contributed by atoms with Gasteiger partial charge in [-0.3, -0.25) is 0 Å². The molecule has 0 aromatic heterocycles. The normalized spacial score (nSPS) is 11.7. The summed E-state index contributed by atoms with van der Waals surface area (Å²) in [6, 6.07) is 64.9. The summed E-state index contributed by atoms with van der Waals surface area (Å²) in [5, 5.41) is 8.47. The summed E-state index contributed by atoms with van der Waals surface area (Å²) in [4.78, 5) is -1.05. The number of benzene rings is 9. The Kier molecular flexibility index (Phi) is 21.4. The summed E-state index contributed by atoms with van der Waals surface area (Å²) >= 11 is 0. The molecule has 0 aliphatic rings. The molecule has 79 heavy (non-hydrogen) atoms. The first-order valence-corrected chi connectivity index (χ1v) is 34.1. The second kappa shape index (κ2) is 26.9. The fourth-order valence-electron chi connectivity index (χ4n) is 8.73. The average Bonchev–Trinajstić information content (AvgIpc) is 3.37. The van der Waals surface area contributed by atoms with Gasteiger partial charge in [-0.15, -0.1) is 0 Å². The third-order valence-electron chi connectivity index (χ3n) is 12.2. The minimum absolute atomic E-state index is 0. The maximum atomic E-state index is 11.5. The molecule has 0 saturated carbocycles. The van der Waals surface area contributed by atoms with Crippen LogP contribution in [0.2, 0.25) is 0 Å². The Bertz CT molecular complexity index is 3770. The number of rotatable bonds is 13. The second-order valence-corrected chi connectivity index (χ2v) is 31.4. The van der Waals surface area contributed by atoms with Gasteiger partial charge in [0.15, 0.2) is 0 Å². The molecule has 0 heterocycles. The molecular formula is C59H54AuO12P3S4-. The molecule has 0 aliphatic heterocycles. The minimum atomic E-state index is -4.64. The predicted molar refractivity (Wildman–Crippen MR) is 315 cm³/mol. The summed E-state index contributed by atoms with van der Waals surface area (Å²) in [7, 11) is -22.9. The van der Waals surface area contributed by atoms with Crippen LogP contribution in [0.15, 0.2) is 238 Å². The van der Waals surface area contributed by atoms with E-state index in [-0.39, 0.29) is 42.0 Å². The monoisotopic (exact) mass is 1370 g/mol. The van der Waals surface area contributed by atoms with E-state index in [1.807, 2.05) is 120 Å².